The summed E-state index contributed by atoms with van der Waals surface area (Å²) in [5.41, 5.74) is 4.91. The predicted molar refractivity (Wildman–Crippen MR) is 111 cm³/mol. The van der Waals surface area contributed by atoms with E-state index in [9.17, 15) is 5.11 Å². The molecule has 3 aromatic rings. The first-order valence-electron chi connectivity index (χ1n) is 7.60. The highest BCUT2D eigenvalue weighted by atomic mass is 79.9. The van der Waals surface area contributed by atoms with Crippen molar-refractivity contribution in [3.8, 4) is 11.6 Å². The van der Waals surface area contributed by atoms with Gasteiger partial charge in [0.2, 0.25) is 5.88 Å². The first-order chi connectivity index (χ1) is 12.0. The molecule has 2 heterocycles. The highest BCUT2D eigenvalue weighted by Crippen LogP contribution is 2.38. The van der Waals surface area contributed by atoms with Crippen LogP contribution < -0.4 is 0 Å². The number of hydrogen-bond acceptors (Lipinski definition) is 4. The Morgan fingerprint density at radius 2 is 2.08 bits per heavy atom. The van der Waals surface area contributed by atoms with Crippen LogP contribution in [0.4, 0.5) is 5.69 Å². The Kier molecular flexibility index (Phi) is 4.19. The van der Waals surface area contributed by atoms with Crippen LogP contribution in [-0.2, 0) is 0 Å². The summed E-state index contributed by atoms with van der Waals surface area (Å²) in [5, 5.41) is 10.7. The zero-order valence-corrected chi connectivity index (χ0v) is 16.5. The smallest absolute Gasteiger partial charge is 0.215 e. The molecule has 3 nitrogen and oxygen atoms in total. The number of rotatable bonds is 2. The summed E-state index contributed by atoms with van der Waals surface area (Å²) in [6.45, 7) is 2.02. The maximum atomic E-state index is 10.7. The third kappa shape index (κ3) is 3.01. The van der Waals surface area contributed by atoms with Crippen LogP contribution in [-0.4, -0.2) is 15.9 Å². The second kappa shape index (κ2) is 6.37. The molecule has 0 saturated carbocycles. The molecular weight excluding hydrogens is 416 g/mol. The molecule has 0 atom stereocenters. The Labute approximate surface area is 162 Å². The molecule has 4 rings (SSSR count). The SMILES string of the molecule is Cc1cccc(-n2c(O)c(C=C3C=Nc4ccc(Br)cc43)sc2=S)c1. The average Bonchev–Trinajstić information content (AvgIpc) is 3.09. The van der Waals surface area contributed by atoms with Crippen molar-refractivity contribution in [1.29, 1.82) is 0 Å². The largest absolute Gasteiger partial charge is 0.493 e. The number of nitrogens with zero attached hydrogens (tertiary/aromatic N) is 2. The van der Waals surface area contributed by atoms with Crippen molar-refractivity contribution >= 4 is 63.0 Å². The van der Waals surface area contributed by atoms with E-state index in [1.54, 1.807) is 4.57 Å². The Balaban J connectivity index is 1.82. The van der Waals surface area contributed by atoms with E-state index in [4.69, 9.17) is 12.2 Å². The predicted octanol–water partition coefficient (Wildman–Crippen LogP) is 6.30. The lowest BCUT2D eigenvalue weighted by atomic mass is 10.1. The zero-order chi connectivity index (χ0) is 17.6. The molecule has 0 spiro atoms. The molecule has 1 aliphatic rings. The molecule has 1 aliphatic heterocycles. The standard InChI is InChI=1S/C19H13BrN2OS2/c1-11-3-2-4-14(7-11)22-18(23)17(25-19(22)24)8-12-10-21-16-6-5-13(20)9-15(12)16/h2-10,23H,1H3. The number of aromatic hydroxyl groups is 1. The van der Waals surface area contributed by atoms with Crippen LogP contribution in [0.25, 0.3) is 17.3 Å². The lowest BCUT2D eigenvalue weighted by Crippen LogP contribution is -1.93. The Morgan fingerprint density at radius 3 is 2.88 bits per heavy atom. The molecule has 0 saturated heterocycles. The molecule has 0 amide bonds. The zero-order valence-electron chi connectivity index (χ0n) is 13.2. The van der Waals surface area contributed by atoms with Crippen LogP contribution in [0, 0.1) is 10.9 Å². The van der Waals surface area contributed by atoms with Crippen molar-refractivity contribution in [3.63, 3.8) is 0 Å². The summed E-state index contributed by atoms with van der Waals surface area (Å²) in [6, 6.07) is 13.9. The van der Waals surface area contributed by atoms with Gasteiger partial charge in [-0.3, -0.25) is 9.56 Å². The van der Waals surface area contributed by atoms with Gasteiger partial charge in [0, 0.05) is 21.8 Å². The van der Waals surface area contributed by atoms with Crippen LogP contribution in [0.15, 0.2) is 51.9 Å². The molecule has 0 aliphatic carbocycles. The maximum absolute atomic E-state index is 10.7. The maximum Gasteiger partial charge on any atom is 0.215 e. The third-order valence-electron chi connectivity index (χ3n) is 3.97. The molecule has 2 aromatic carbocycles. The van der Waals surface area contributed by atoms with E-state index in [2.05, 4.69) is 20.9 Å². The quantitative estimate of drug-likeness (QED) is 0.486. The highest BCUT2D eigenvalue weighted by Gasteiger charge is 2.16. The van der Waals surface area contributed by atoms with Crippen molar-refractivity contribution in [2.45, 2.75) is 6.92 Å². The fraction of sp³-hybridized carbons (Fsp3) is 0.0526. The Hall–Kier alpha value is -2.02. The number of thiazole rings is 1. The number of fused-ring (bicyclic) bond motifs is 1. The molecule has 124 valence electrons. The molecule has 0 bridgehead atoms. The van der Waals surface area contributed by atoms with Crippen molar-refractivity contribution in [2.75, 3.05) is 0 Å². The van der Waals surface area contributed by atoms with Crippen molar-refractivity contribution in [1.82, 2.24) is 4.57 Å². The number of halogens is 1. The topological polar surface area (TPSA) is 37.5 Å². The van der Waals surface area contributed by atoms with E-state index in [0.717, 1.165) is 37.4 Å². The summed E-state index contributed by atoms with van der Waals surface area (Å²) in [7, 11) is 0. The number of aryl methyl sites for hydroxylation is 1. The van der Waals surface area contributed by atoms with Gasteiger partial charge in [0.25, 0.3) is 0 Å². The third-order valence-corrected chi connectivity index (χ3v) is 5.77. The van der Waals surface area contributed by atoms with E-state index in [1.807, 2.05) is 61.7 Å². The van der Waals surface area contributed by atoms with Gasteiger partial charge in [0.1, 0.15) is 0 Å². The Bertz CT molecular complexity index is 1110. The number of hydrogen-bond donors (Lipinski definition) is 1. The van der Waals surface area contributed by atoms with Gasteiger partial charge in [0.05, 0.1) is 16.3 Å². The molecule has 1 aromatic heterocycles. The molecule has 0 fully saturated rings. The van der Waals surface area contributed by atoms with Crippen LogP contribution in [0.5, 0.6) is 5.88 Å². The second-order valence-electron chi connectivity index (χ2n) is 5.75. The van der Waals surface area contributed by atoms with Gasteiger partial charge in [-0.2, -0.15) is 0 Å². The van der Waals surface area contributed by atoms with Crippen molar-refractivity contribution in [3.05, 3.63) is 66.9 Å². The summed E-state index contributed by atoms with van der Waals surface area (Å²) in [4.78, 5) is 5.15. The first-order valence-corrected chi connectivity index (χ1v) is 9.62. The monoisotopic (exact) mass is 428 g/mol. The number of aromatic nitrogens is 1. The normalized spacial score (nSPS) is 14.2. The van der Waals surface area contributed by atoms with Gasteiger partial charge in [-0.15, -0.1) is 11.3 Å². The minimum atomic E-state index is 0.157. The highest BCUT2D eigenvalue weighted by molar-refractivity contribution is 9.10. The van der Waals surface area contributed by atoms with Crippen LogP contribution in [0.2, 0.25) is 0 Å². The van der Waals surface area contributed by atoms with Gasteiger partial charge in [-0.05, 0) is 61.1 Å². The summed E-state index contributed by atoms with van der Waals surface area (Å²) < 4.78 is 3.31. The summed E-state index contributed by atoms with van der Waals surface area (Å²) >= 11 is 10.4. The Morgan fingerprint density at radius 1 is 1.24 bits per heavy atom. The molecule has 1 N–H and O–H groups in total. The summed E-state index contributed by atoms with van der Waals surface area (Å²) in [5.74, 6) is 0.157. The lowest BCUT2D eigenvalue weighted by Gasteiger charge is -2.05. The van der Waals surface area contributed by atoms with E-state index in [-0.39, 0.29) is 5.88 Å². The molecule has 6 heteroatoms. The van der Waals surface area contributed by atoms with Gasteiger partial charge in [0.15, 0.2) is 3.95 Å². The van der Waals surface area contributed by atoms with Gasteiger partial charge < -0.3 is 5.11 Å². The first kappa shape index (κ1) is 16.4. The van der Waals surface area contributed by atoms with E-state index < -0.39 is 0 Å². The molecule has 25 heavy (non-hydrogen) atoms. The molecular formula is C19H13BrN2OS2. The van der Waals surface area contributed by atoms with E-state index >= 15 is 0 Å². The van der Waals surface area contributed by atoms with Crippen molar-refractivity contribution in [2.24, 2.45) is 4.99 Å². The van der Waals surface area contributed by atoms with E-state index in [1.165, 1.54) is 11.3 Å². The second-order valence-corrected chi connectivity index (χ2v) is 8.34. The average molecular weight is 429 g/mol. The number of benzene rings is 2. The fourth-order valence-corrected chi connectivity index (χ4v) is 4.45. The van der Waals surface area contributed by atoms with Gasteiger partial charge in [-0.1, -0.05) is 28.1 Å². The lowest BCUT2D eigenvalue weighted by molar-refractivity contribution is 0.441. The fourth-order valence-electron chi connectivity index (χ4n) is 2.79. The summed E-state index contributed by atoms with van der Waals surface area (Å²) in [6.07, 6.45) is 3.75. The van der Waals surface area contributed by atoms with E-state index in [0.29, 0.717) is 3.95 Å². The molecule has 0 unspecified atom stereocenters. The van der Waals surface area contributed by atoms with Crippen LogP contribution in [0.3, 0.4) is 0 Å². The van der Waals surface area contributed by atoms with Crippen molar-refractivity contribution < 1.29 is 5.11 Å². The number of aliphatic imine (C=N–C) groups is 1. The molecule has 0 radical (unpaired) electrons. The van der Waals surface area contributed by atoms with Crippen LogP contribution in [0.1, 0.15) is 16.0 Å². The van der Waals surface area contributed by atoms with Gasteiger partial charge >= 0.3 is 0 Å². The minimum Gasteiger partial charge on any atom is -0.493 e. The number of allylic oxidation sites excluding steroid dienone is 1. The van der Waals surface area contributed by atoms with Crippen LogP contribution >= 0.6 is 39.5 Å². The minimum absolute atomic E-state index is 0.157. The van der Waals surface area contributed by atoms with Gasteiger partial charge in [-0.25, -0.2) is 0 Å².